The molecule has 0 unspecified atom stereocenters. The minimum atomic E-state index is -0.188. The minimum Gasteiger partial charge on any atom is -0.381 e. The molecule has 0 saturated carbocycles. The lowest BCUT2D eigenvalue weighted by Crippen LogP contribution is -2.23. The standard InChI is InChI=1S/C15H22FNO2/c1-2-17-10-12-3-4-15(16)13(9-12)11-19-14-5-7-18-8-6-14/h3-4,9,14,17H,2,5-8,10-11H2,1H3. The monoisotopic (exact) mass is 267 g/mol. The Kier molecular flexibility index (Phi) is 5.76. The van der Waals surface area contributed by atoms with Crippen LogP contribution in [0.3, 0.4) is 0 Å². The van der Waals surface area contributed by atoms with Crippen LogP contribution >= 0.6 is 0 Å². The zero-order chi connectivity index (χ0) is 13.5. The van der Waals surface area contributed by atoms with Crippen LogP contribution in [0.2, 0.25) is 0 Å². The van der Waals surface area contributed by atoms with Crippen molar-refractivity contribution in [1.29, 1.82) is 0 Å². The van der Waals surface area contributed by atoms with E-state index in [4.69, 9.17) is 9.47 Å². The average molecular weight is 267 g/mol. The Morgan fingerprint density at radius 3 is 2.89 bits per heavy atom. The topological polar surface area (TPSA) is 30.5 Å². The van der Waals surface area contributed by atoms with Crippen molar-refractivity contribution in [2.45, 2.75) is 39.0 Å². The molecule has 0 spiro atoms. The van der Waals surface area contributed by atoms with E-state index in [2.05, 4.69) is 12.2 Å². The van der Waals surface area contributed by atoms with E-state index in [0.29, 0.717) is 12.2 Å². The van der Waals surface area contributed by atoms with Crippen molar-refractivity contribution < 1.29 is 13.9 Å². The molecule has 19 heavy (non-hydrogen) atoms. The summed E-state index contributed by atoms with van der Waals surface area (Å²) in [6.45, 7) is 5.56. The molecule has 0 aliphatic carbocycles. The zero-order valence-corrected chi connectivity index (χ0v) is 11.5. The summed E-state index contributed by atoms with van der Waals surface area (Å²) in [5.74, 6) is -0.188. The van der Waals surface area contributed by atoms with Crippen molar-refractivity contribution in [1.82, 2.24) is 5.32 Å². The van der Waals surface area contributed by atoms with Gasteiger partial charge in [-0.1, -0.05) is 13.0 Å². The third-order valence-electron chi connectivity index (χ3n) is 3.33. The Hall–Kier alpha value is -0.970. The van der Waals surface area contributed by atoms with Gasteiger partial charge in [-0.3, -0.25) is 0 Å². The lowest BCUT2D eigenvalue weighted by Gasteiger charge is -2.22. The summed E-state index contributed by atoms with van der Waals surface area (Å²) >= 11 is 0. The molecular weight excluding hydrogens is 245 g/mol. The Bertz CT molecular complexity index is 392. The first-order valence-corrected chi connectivity index (χ1v) is 6.97. The molecule has 1 aliphatic heterocycles. The predicted molar refractivity (Wildman–Crippen MR) is 72.4 cm³/mol. The molecule has 1 aromatic rings. The molecule has 2 rings (SSSR count). The number of hydrogen-bond acceptors (Lipinski definition) is 3. The summed E-state index contributed by atoms with van der Waals surface area (Å²) in [6.07, 6.45) is 2.00. The van der Waals surface area contributed by atoms with Crippen LogP contribution in [0.1, 0.15) is 30.9 Å². The van der Waals surface area contributed by atoms with E-state index < -0.39 is 0 Å². The molecular formula is C15H22FNO2. The average Bonchev–Trinajstić information content (AvgIpc) is 2.46. The van der Waals surface area contributed by atoms with E-state index >= 15 is 0 Å². The Morgan fingerprint density at radius 1 is 1.37 bits per heavy atom. The van der Waals surface area contributed by atoms with Gasteiger partial charge < -0.3 is 14.8 Å². The number of rotatable bonds is 6. The molecule has 0 radical (unpaired) electrons. The van der Waals surface area contributed by atoms with Crippen molar-refractivity contribution in [2.75, 3.05) is 19.8 Å². The van der Waals surface area contributed by atoms with Crippen molar-refractivity contribution in [3.05, 3.63) is 35.1 Å². The van der Waals surface area contributed by atoms with Gasteiger partial charge in [-0.25, -0.2) is 4.39 Å². The summed E-state index contributed by atoms with van der Waals surface area (Å²) in [6, 6.07) is 5.22. The van der Waals surface area contributed by atoms with Gasteiger partial charge in [-0.15, -0.1) is 0 Å². The summed E-state index contributed by atoms with van der Waals surface area (Å²) < 4.78 is 24.8. The van der Waals surface area contributed by atoms with E-state index in [1.165, 1.54) is 6.07 Å². The quantitative estimate of drug-likeness (QED) is 0.859. The zero-order valence-electron chi connectivity index (χ0n) is 11.5. The molecule has 1 heterocycles. The SMILES string of the molecule is CCNCc1ccc(F)c(COC2CCOCC2)c1. The first-order valence-electron chi connectivity index (χ1n) is 6.97. The summed E-state index contributed by atoms with van der Waals surface area (Å²) in [5.41, 5.74) is 1.73. The molecule has 1 saturated heterocycles. The summed E-state index contributed by atoms with van der Waals surface area (Å²) in [7, 11) is 0. The molecule has 0 bridgehead atoms. The van der Waals surface area contributed by atoms with Crippen LogP contribution in [0, 0.1) is 5.82 Å². The normalized spacial score (nSPS) is 16.7. The lowest BCUT2D eigenvalue weighted by molar-refractivity contribution is -0.0397. The van der Waals surface area contributed by atoms with Crippen molar-refractivity contribution in [3.63, 3.8) is 0 Å². The van der Waals surface area contributed by atoms with Gasteiger partial charge >= 0.3 is 0 Å². The third-order valence-corrected chi connectivity index (χ3v) is 3.33. The van der Waals surface area contributed by atoms with Crippen LogP contribution in [0.25, 0.3) is 0 Å². The summed E-state index contributed by atoms with van der Waals surface area (Å²) in [5, 5.41) is 3.24. The molecule has 0 atom stereocenters. The maximum absolute atomic E-state index is 13.7. The Balaban J connectivity index is 1.90. The van der Waals surface area contributed by atoms with E-state index in [1.54, 1.807) is 0 Å². The van der Waals surface area contributed by atoms with Gasteiger partial charge in [0.15, 0.2) is 0 Å². The van der Waals surface area contributed by atoms with Crippen LogP contribution in [0.15, 0.2) is 18.2 Å². The van der Waals surface area contributed by atoms with Crippen molar-refractivity contribution >= 4 is 0 Å². The van der Waals surface area contributed by atoms with Gasteiger partial charge in [0.1, 0.15) is 5.82 Å². The Morgan fingerprint density at radius 2 is 2.16 bits per heavy atom. The lowest BCUT2D eigenvalue weighted by atomic mass is 10.1. The van der Waals surface area contributed by atoms with Gasteiger partial charge in [0.25, 0.3) is 0 Å². The second-order valence-electron chi connectivity index (χ2n) is 4.83. The molecule has 0 aromatic heterocycles. The number of nitrogens with one attached hydrogen (secondary N) is 1. The molecule has 0 amide bonds. The number of hydrogen-bond donors (Lipinski definition) is 1. The molecule has 106 valence electrons. The fourth-order valence-electron chi connectivity index (χ4n) is 2.17. The molecule has 1 aromatic carbocycles. The summed E-state index contributed by atoms with van der Waals surface area (Å²) in [4.78, 5) is 0. The molecule has 1 aliphatic rings. The smallest absolute Gasteiger partial charge is 0.128 e. The van der Waals surface area contributed by atoms with Gasteiger partial charge in [0, 0.05) is 25.3 Å². The highest BCUT2D eigenvalue weighted by atomic mass is 19.1. The highest BCUT2D eigenvalue weighted by Gasteiger charge is 2.15. The number of ether oxygens (including phenoxy) is 2. The molecule has 1 N–H and O–H groups in total. The van der Waals surface area contributed by atoms with Crippen molar-refractivity contribution in [2.24, 2.45) is 0 Å². The fraction of sp³-hybridized carbons (Fsp3) is 0.600. The first kappa shape index (κ1) is 14.4. The van der Waals surface area contributed by atoms with Crippen molar-refractivity contribution in [3.8, 4) is 0 Å². The fourth-order valence-corrected chi connectivity index (χ4v) is 2.17. The van der Waals surface area contributed by atoms with Crippen LogP contribution in [0.4, 0.5) is 4.39 Å². The van der Waals surface area contributed by atoms with Gasteiger partial charge in [0.2, 0.25) is 0 Å². The highest BCUT2D eigenvalue weighted by molar-refractivity contribution is 5.24. The second kappa shape index (κ2) is 7.58. The maximum atomic E-state index is 13.7. The van der Waals surface area contributed by atoms with E-state index in [9.17, 15) is 4.39 Å². The van der Waals surface area contributed by atoms with Gasteiger partial charge in [-0.2, -0.15) is 0 Å². The third kappa shape index (κ3) is 4.56. The first-order chi connectivity index (χ1) is 9.29. The largest absolute Gasteiger partial charge is 0.381 e. The molecule has 1 fully saturated rings. The Labute approximate surface area is 114 Å². The van der Waals surface area contributed by atoms with E-state index in [1.807, 2.05) is 12.1 Å². The van der Waals surface area contributed by atoms with Crippen LogP contribution < -0.4 is 5.32 Å². The van der Waals surface area contributed by atoms with E-state index in [-0.39, 0.29) is 11.9 Å². The van der Waals surface area contributed by atoms with Gasteiger partial charge in [0.05, 0.1) is 12.7 Å². The predicted octanol–water partition coefficient (Wildman–Crippen LogP) is 2.63. The van der Waals surface area contributed by atoms with Gasteiger partial charge in [-0.05, 0) is 37.1 Å². The molecule has 4 heteroatoms. The molecule has 3 nitrogen and oxygen atoms in total. The minimum absolute atomic E-state index is 0.188. The second-order valence-corrected chi connectivity index (χ2v) is 4.83. The highest BCUT2D eigenvalue weighted by Crippen LogP contribution is 2.16. The number of halogens is 1. The van der Waals surface area contributed by atoms with Crippen LogP contribution in [-0.4, -0.2) is 25.9 Å². The van der Waals surface area contributed by atoms with Crippen LogP contribution in [0.5, 0.6) is 0 Å². The van der Waals surface area contributed by atoms with Crippen LogP contribution in [-0.2, 0) is 22.6 Å². The maximum Gasteiger partial charge on any atom is 0.128 e. The number of benzene rings is 1. The van der Waals surface area contributed by atoms with E-state index in [0.717, 1.165) is 44.7 Å².